The predicted molar refractivity (Wildman–Crippen MR) is 65.7 cm³/mol. The fourth-order valence-electron chi connectivity index (χ4n) is 2.20. The summed E-state index contributed by atoms with van der Waals surface area (Å²) in [4.78, 5) is 0. The van der Waals surface area contributed by atoms with E-state index in [0.717, 1.165) is 19.1 Å². The topological polar surface area (TPSA) is 30.9 Å². The summed E-state index contributed by atoms with van der Waals surface area (Å²) in [6.45, 7) is 2.26. The molecule has 0 saturated carbocycles. The second kappa shape index (κ2) is 6.77. The Labute approximate surface area is 96.2 Å². The second-order valence-corrected chi connectivity index (χ2v) is 8.98. The van der Waals surface area contributed by atoms with Crippen molar-refractivity contribution in [2.24, 2.45) is 0 Å². The van der Waals surface area contributed by atoms with Crippen molar-refractivity contribution in [3.05, 3.63) is 0 Å². The second-order valence-electron chi connectivity index (χ2n) is 3.91. The highest BCUT2D eigenvalue weighted by molar-refractivity contribution is 6.65. The first-order valence-electron chi connectivity index (χ1n) is 5.63. The summed E-state index contributed by atoms with van der Waals surface area (Å²) in [7, 11) is 3.17. The summed E-state index contributed by atoms with van der Waals surface area (Å²) in [6.07, 6.45) is 2.44. The molecule has 0 radical (unpaired) electrons. The molecule has 1 aliphatic rings. The van der Waals surface area contributed by atoms with Gasteiger partial charge in [-0.1, -0.05) is 0 Å². The first kappa shape index (κ1) is 13.3. The van der Waals surface area contributed by atoms with Crippen LogP contribution < -0.4 is 0 Å². The van der Waals surface area contributed by atoms with E-state index in [-0.39, 0.29) is 9.76 Å². The van der Waals surface area contributed by atoms with E-state index < -0.39 is 8.72 Å². The molecule has 0 N–H and O–H groups in total. The van der Waals surface area contributed by atoms with Crippen molar-refractivity contribution in [2.45, 2.75) is 24.9 Å². The molecule has 1 saturated heterocycles. The van der Waals surface area contributed by atoms with E-state index in [0.29, 0.717) is 0 Å². The van der Waals surface area contributed by atoms with Crippen LogP contribution in [0.4, 0.5) is 0 Å². The minimum atomic E-state index is -1.96. The average Bonchev–Trinajstić information content (AvgIpc) is 2.68. The van der Waals surface area contributed by atoms with Gasteiger partial charge in [0, 0.05) is 27.4 Å². The minimum Gasteiger partial charge on any atom is -0.427 e. The van der Waals surface area contributed by atoms with Crippen molar-refractivity contribution in [1.29, 1.82) is 0 Å². The smallest absolute Gasteiger partial charge is 0.427 e. The largest absolute Gasteiger partial charge is 0.427 e. The van der Waals surface area contributed by atoms with Gasteiger partial charge in [-0.25, -0.2) is 0 Å². The van der Waals surface area contributed by atoms with E-state index in [2.05, 4.69) is 4.57 Å². The lowest BCUT2D eigenvalue weighted by Gasteiger charge is -2.31. The molecular formula is C9H23NO3Si2. The molecule has 0 aliphatic carbocycles. The van der Waals surface area contributed by atoms with E-state index in [9.17, 15) is 0 Å². The van der Waals surface area contributed by atoms with Gasteiger partial charge in [0.05, 0.1) is 0 Å². The maximum absolute atomic E-state index is 5.64. The number of hydrogen-bond donors (Lipinski definition) is 0. The van der Waals surface area contributed by atoms with Crippen LogP contribution in [0.15, 0.2) is 0 Å². The molecule has 15 heavy (non-hydrogen) atoms. The van der Waals surface area contributed by atoms with E-state index >= 15 is 0 Å². The van der Waals surface area contributed by atoms with E-state index in [1.807, 2.05) is 7.11 Å². The Morgan fingerprint density at radius 1 is 1.27 bits per heavy atom. The Morgan fingerprint density at radius 2 is 2.00 bits per heavy atom. The van der Waals surface area contributed by atoms with Gasteiger partial charge in [-0.05, 0) is 32.0 Å². The van der Waals surface area contributed by atoms with Gasteiger partial charge in [-0.3, -0.25) is 4.57 Å². The zero-order valence-corrected chi connectivity index (χ0v) is 12.5. The lowest BCUT2D eigenvalue weighted by atomic mass is 10.4. The SMILES string of the molecule is CO[SiH2]CCCN1CCC[Si]1(OC)OC. The van der Waals surface area contributed by atoms with Gasteiger partial charge in [0.2, 0.25) is 0 Å². The summed E-state index contributed by atoms with van der Waals surface area (Å²) in [6, 6.07) is 2.37. The van der Waals surface area contributed by atoms with Crippen LogP contribution in [-0.4, -0.2) is 57.5 Å². The van der Waals surface area contributed by atoms with Crippen molar-refractivity contribution in [3.63, 3.8) is 0 Å². The molecular weight excluding hydrogens is 226 g/mol. The third-order valence-corrected chi connectivity index (χ3v) is 7.94. The molecule has 0 aromatic heterocycles. The van der Waals surface area contributed by atoms with Gasteiger partial charge in [0.25, 0.3) is 0 Å². The highest BCUT2D eigenvalue weighted by Crippen LogP contribution is 2.27. The molecule has 0 unspecified atom stereocenters. The monoisotopic (exact) mass is 249 g/mol. The lowest BCUT2D eigenvalue weighted by Crippen LogP contribution is -2.53. The molecule has 1 heterocycles. The number of rotatable bonds is 7. The van der Waals surface area contributed by atoms with Crippen LogP contribution in [0.3, 0.4) is 0 Å². The Bertz CT molecular complexity index is 179. The molecule has 90 valence electrons. The average molecular weight is 249 g/mol. The fourth-order valence-corrected chi connectivity index (χ4v) is 5.93. The zero-order chi connectivity index (χ0) is 11.1. The summed E-state index contributed by atoms with van der Waals surface area (Å²) in [5, 5.41) is 0. The number of nitrogens with zero attached hydrogens (tertiary/aromatic N) is 1. The third-order valence-electron chi connectivity index (χ3n) is 3.07. The van der Waals surface area contributed by atoms with Crippen molar-refractivity contribution in [2.75, 3.05) is 34.4 Å². The van der Waals surface area contributed by atoms with E-state index in [1.54, 1.807) is 14.2 Å². The summed E-state index contributed by atoms with van der Waals surface area (Å²) >= 11 is 0. The molecule has 1 aliphatic heterocycles. The molecule has 0 amide bonds. The van der Waals surface area contributed by atoms with Crippen molar-refractivity contribution < 1.29 is 13.3 Å². The summed E-state index contributed by atoms with van der Waals surface area (Å²) < 4.78 is 18.9. The Kier molecular flexibility index (Phi) is 6.02. The molecule has 4 nitrogen and oxygen atoms in total. The third kappa shape index (κ3) is 3.37. The van der Waals surface area contributed by atoms with Crippen LogP contribution in [0.1, 0.15) is 12.8 Å². The van der Waals surface area contributed by atoms with Crippen LogP contribution in [0.25, 0.3) is 0 Å². The predicted octanol–water partition coefficient (Wildman–Crippen LogP) is 0.462. The van der Waals surface area contributed by atoms with Gasteiger partial charge in [0.15, 0.2) is 9.76 Å². The molecule has 0 aromatic rings. The van der Waals surface area contributed by atoms with Gasteiger partial charge >= 0.3 is 8.72 Å². The van der Waals surface area contributed by atoms with Gasteiger partial charge < -0.3 is 13.3 Å². The quantitative estimate of drug-likeness (QED) is 0.485. The summed E-state index contributed by atoms with van der Waals surface area (Å²) in [5.41, 5.74) is 0. The highest BCUT2D eigenvalue weighted by Gasteiger charge is 2.46. The standard InChI is InChI=1S/C9H23NO3Si2/c1-11-14-8-4-6-10-7-5-9-15(10,12-2)13-3/h4-9,14H2,1-3H3. The fraction of sp³-hybridized carbons (Fsp3) is 1.00. The van der Waals surface area contributed by atoms with Crippen molar-refractivity contribution >= 4 is 18.5 Å². The molecule has 0 atom stereocenters. The van der Waals surface area contributed by atoms with Gasteiger partial charge in [-0.2, -0.15) is 0 Å². The van der Waals surface area contributed by atoms with E-state index in [1.165, 1.54) is 18.9 Å². The van der Waals surface area contributed by atoms with Crippen LogP contribution in [0.5, 0.6) is 0 Å². The zero-order valence-electron chi connectivity index (χ0n) is 10.1. The van der Waals surface area contributed by atoms with Gasteiger partial charge in [0.1, 0.15) is 0 Å². The first-order valence-corrected chi connectivity index (χ1v) is 9.18. The molecule has 0 spiro atoms. The van der Waals surface area contributed by atoms with Crippen LogP contribution in [0, 0.1) is 0 Å². The molecule has 0 aromatic carbocycles. The van der Waals surface area contributed by atoms with Crippen LogP contribution in [-0.2, 0) is 13.3 Å². The Balaban J connectivity index is 2.32. The van der Waals surface area contributed by atoms with Crippen LogP contribution in [0.2, 0.25) is 12.1 Å². The molecule has 0 bridgehead atoms. The minimum absolute atomic E-state index is 0.258. The maximum atomic E-state index is 5.64. The summed E-state index contributed by atoms with van der Waals surface area (Å²) in [5.74, 6) is 0. The number of hydrogen-bond acceptors (Lipinski definition) is 4. The van der Waals surface area contributed by atoms with Crippen molar-refractivity contribution in [1.82, 2.24) is 4.57 Å². The molecule has 1 fully saturated rings. The normalized spacial score (nSPS) is 21.8. The molecule has 6 heteroatoms. The van der Waals surface area contributed by atoms with Gasteiger partial charge in [-0.15, -0.1) is 0 Å². The Hall–Kier alpha value is 0.274. The van der Waals surface area contributed by atoms with Crippen LogP contribution >= 0.6 is 0 Å². The van der Waals surface area contributed by atoms with E-state index in [4.69, 9.17) is 13.3 Å². The first-order chi connectivity index (χ1) is 7.29. The Morgan fingerprint density at radius 3 is 2.60 bits per heavy atom. The highest BCUT2D eigenvalue weighted by atomic mass is 28.4. The maximum Gasteiger partial charge on any atom is 0.427 e. The molecule has 1 rings (SSSR count). The lowest BCUT2D eigenvalue weighted by molar-refractivity contribution is 0.182. The van der Waals surface area contributed by atoms with Crippen molar-refractivity contribution in [3.8, 4) is 0 Å².